The number of nitrogens with zero attached hydrogens (tertiary/aromatic N) is 2. The molecule has 2 aromatic rings. The summed E-state index contributed by atoms with van der Waals surface area (Å²) in [6.45, 7) is 3.87. The predicted octanol–water partition coefficient (Wildman–Crippen LogP) is 3.30. The molecule has 0 bridgehead atoms. The normalized spacial score (nSPS) is 21.7. The van der Waals surface area contributed by atoms with Crippen molar-refractivity contribution < 1.29 is 22.0 Å². The van der Waals surface area contributed by atoms with Gasteiger partial charge in [-0.2, -0.15) is 0 Å². The van der Waals surface area contributed by atoms with Gasteiger partial charge in [-0.25, -0.2) is 17.2 Å². The lowest BCUT2D eigenvalue weighted by molar-refractivity contribution is -0.113. The summed E-state index contributed by atoms with van der Waals surface area (Å²) in [4.78, 5) is 18.5. The lowest BCUT2D eigenvalue weighted by atomic mass is 10.1. The van der Waals surface area contributed by atoms with Crippen molar-refractivity contribution in [2.24, 2.45) is 4.99 Å². The maximum atomic E-state index is 14.5. The van der Waals surface area contributed by atoms with Crippen LogP contribution in [0.5, 0.6) is 0 Å². The summed E-state index contributed by atoms with van der Waals surface area (Å²) in [5.41, 5.74) is 2.78. The van der Waals surface area contributed by atoms with Crippen LogP contribution in [0, 0.1) is 25.5 Å². The second kappa shape index (κ2) is 8.23. The fourth-order valence-corrected chi connectivity index (χ4v) is 6.55. The molecule has 0 saturated carbocycles. The highest BCUT2D eigenvalue weighted by atomic mass is 32.2. The summed E-state index contributed by atoms with van der Waals surface area (Å²) < 4.78 is 52.1. The molecule has 0 unspecified atom stereocenters. The monoisotopic (exact) mass is 465 g/mol. The molecule has 1 saturated heterocycles. The number of hydrogen-bond donors (Lipinski definition) is 1. The van der Waals surface area contributed by atoms with Gasteiger partial charge in [-0.05, 0) is 43.2 Å². The molecular formula is C21H21F2N3O3S2. The van der Waals surface area contributed by atoms with Crippen molar-refractivity contribution in [3.63, 3.8) is 0 Å². The van der Waals surface area contributed by atoms with Gasteiger partial charge < -0.3 is 10.2 Å². The number of carbonyl (C=O) groups is 1. The van der Waals surface area contributed by atoms with Crippen molar-refractivity contribution in [1.82, 2.24) is 0 Å². The van der Waals surface area contributed by atoms with Gasteiger partial charge in [0.1, 0.15) is 11.6 Å². The van der Waals surface area contributed by atoms with E-state index < -0.39 is 33.6 Å². The number of sulfone groups is 1. The first kappa shape index (κ1) is 21.8. The highest BCUT2D eigenvalue weighted by molar-refractivity contribution is 8.14. The molecule has 2 heterocycles. The Labute approximate surface area is 183 Å². The Bertz CT molecular complexity index is 1180. The van der Waals surface area contributed by atoms with Crippen LogP contribution in [0.15, 0.2) is 41.4 Å². The molecule has 6 nitrogen and oxygen atoms in total. The van der Waals surface area contributed by atoms with E-state index in [4.69, 9.17) is 0 Å². The van der Waals surface area contributed by atoms with E-state index in [9.17, 15) is 22.0 Å². The predicted molar refractivity (Wildman–Crippen MR) is 120 cm³/mol. The first-order valence-electron chi connectivity index (χ1n) is 9.66. The Morgan fingerprint density at radius 3 is 2.74 bits per heavy atom. The number of amides is 1. The number of benzene rings is 2. The second-order valence-corrected chi connectivity index (χ2v) is 10.8. The number of fused-ring (bicyclic) bond motifs is 1. The smallest absolute Gasteiger partial charge is 0.234 e. The molecule has 2 atom stereocenters. The largest absolute Gasteiger partial charge is 0.325 e. The number of aliphatic imine (C=N–C) groups is 1. The summed E-state index contributed by atoms with van der Waals surface area (Å²) in [5.74, 6) is -2.08. The number of hydrogen-bond acceptors (Lipinski definition) is 6. The zero-order valence-corrected chi connectivity index (χ0v) is 18.6. The van der Waals surface area contributed by atoms with Gasteiger partial charge in [0.05, 0.1) is 35.0 Å². The molecule has 4 rings (SSSR count). The fourth-order valence-electron chi connectivity index (χ4n) is 3.79. The number of carbonyl (C=O) groups excluding carboxylic acids is 1. The highest BCUT2D eigenvalue weighted by Crippen LogP contribution is 2.36. The third kappa shape index (κ3) is 4.45. The van der Waals surface area contributed by atoms with Crippen LogP contribution in [0.1, 0.15) is 11.1 Å². The molecule has 2 aliphatic rings. The molecule has 0 aliphatic carbocycles. The summed E-state index contributed by atoms with van der Waals surface area (Å²) in [5, 5.41) is 3.21. The summed E-state index contributed by atoms with van der Waals surface area (Å²) >= 11 is 1.10. The van der Waals surface area contributed by atoms with Crippen molar-refractivity contribution in [1.29, 1.82) is 0 Å². The molecule has 31 heavy (non-hydrogen) atoms. The third-order valence-electron chi connectivity index (χ3n) is 5.49. The summed E-state index contributed by atoms with van der Waals surface area (Å²) in [7, 11) is -3.31. The number of nitrogens with one attached hydrogen (secondary N) is 1. The van der Waals surface area contributed by atoms with Gasteiger partial charge >= 0.3 is 0 Å². The minimum absolute atomic E-state index is 0.0116. The summed E-state index contributed by atoms with van der Waals surface area (Å²) in [6.07, 6.45) is 0. The Hall–Kier alpha value is -2.46. The van der Waals surface area contributed by atoms with Gasteiger partial charge in [0.25, 0.3) is 0 Å². The van der Waals surface area contributed by atoms with Crippen molar-refractivity contribution in [2.45, 2.75) is 25.9 Å². The Morgan fingerprint density at radius 1 is 1.23 bits per heavy atom. The molecule has 10 heteroatoms. The van der Waals surface area contributed by atoms with E-state index in [0.717, 1.165) is 35.0 Å². The van der Waals surface area contributed by atoms with Crippen molar-refractivity contribution >= 4 is 44.0 Å². The molecule has 0 spiro atoms. The average molecular weight is 466 g/mol. The van der Waals surface area contributed by atoms with E-state index in [1.807, 2.05) is 32.0 Å². The number of thioether (sulfide) groups is 1. The molecular weight excluding hydrogens is 444 g/mol. The van der Waals surface area contributed by atoms with Crippen LogP contribution in [0.25, 0.3) is 0 Å². The second-order valence-electron chi connectivity index (χ2n) is 7.67. The van der Waals surface area contributed by atoms with E-state index in [1.54, 1.807) is 0 Å². The van der Waals surface area contributed by atoms with Crippen molar-refractivity contribution in [3.8, 4) is 0 Å². The van der Waals surface area contributed by atoms with E-state index >= 15 is 0 Å². The first-order chi connectivity index (χ1) is 14.6. The fraction of sp³-hybridized carbons (Fsp3) is 0.333. The lowest BCUT2D eigenvalue weighted by Crippen LogP contribution is -2.40. The first-order valence-corrected chi connectivity index (χ1v) is 12.5. The van der Waals surface area contributed by atoms with E-state index in [0.29, 0.717) is 10.9 Å². The van der Waals surface area contributed by atoms with Crippen LogP contribution >= 0.6 is 11.8 Å². The topological polar surface area (TPSA) is 78.8 Å². The van der Waals surface area contributed by atoms with Gasteiger partial charge in [-0.15, -0.1) is 0 Å². The Kier molecular flexibility index (Phi) is 5.78. The Balaban J connectivity index is 1.54. The van der Waals surface area contributed by atoms with Gasteiger partial charge in [0.15, 0.2) is 15.0 Å². The minimum Gasteiger partial charge on any atom is -0.325 e. The quantitative estimate of drug-likeness (QED) is 0.750. The van der Waals surface area contributed by atoms with Crippen LogP contribution in [-0.4, -0.2) is 48.8 Å². The summed E-state index contributed by atoms with van der Waals surface area (Å²) in [6, 6.07) is 7.64. The van der Waals surface area contributed by atoms with Crippen LogP contribution in [-0.2, 0) is 14.6 Å². The maximum absolute atomic E-state index is 14.5. The van der Waals surface area contributed by atoms with Crippen LogP contribution in [0.2, 0.25) is 0 Å². The molecule has 1 fully saturated rings. The van der Waals surface area contributed by atoms with Crippen LogP contribution in [0.3, 0.4) is 0 Å². The van der Waals surface area contributed by atoms with Crippen LogP contribution in [0.4, 0.5) is 20.2 Å². The lowest BCUT2D eigenvalue weighted by Gasteiger charge is -2.26. The van der Waals surface area contributed by atoms with Gasteiger partial charge in [-0.1, -0.05) is 23.9 Å². The molecule has 0 radical (unpaired) electrons. The van der Waals surface area contributed by atoms with Gasteiger partial charge in [0, 0.05) is 11.8 Å². The SMILES string of the molecule is Cc1cccc(NC(=O)CSC2=N[C@H]3CS(=O)(=O)C[C@@H]3N2c2ccc(F)cc2F)c1C. The number of halogens is 2. The highest BCUT2D eigenvalue weighted by Gasteiger charge is 2.47. The van der Waals surface area contributed by atoms with E-state index in [-0.39, 0.29) is 28.9 Å². The van der Waals surface area contributed by atoms with Gasteiger partial charge in [0.2, 0.25) is 5.91 Å². The van der Waals surface area contributed by atoms with Crippen molar-refractivity contribution in [3.05, 3.63) is 59.2 Å². The molecule has 1 N–H and O–H groups in total. The molecule has 0 aromatic heterocycles. The number of aryl methyl sites for hydroxylation is 1. The molecule has 2 aromatic carbocycles. The van der Waals surface area contributed by atoms with E-state index in [2.05, 4.69) is 10.3 Å². The maximum Gasteiger partial charge on any atom is 0.234 e. The standard InChI is InChI=1S/C21H21F2N3O3S2/c1-12-4-3-5-16(13(12)2)24-20(27)9-30-21-25-17-10-31(28,29)11-19(17)26(21)18-7-6-14(22)8-15(18)23/h3-8,17,19H,9-11H2,1-2H3,(H,24,27)/t17-,19-/m0/s1. The zero-order chi connectivity index (χ0) is 22.3. The zero-order valence-electron chi connectivity index (χ0n) is 16.9. The molecule has 2 aliphatic heterocycles. The minimum atomic E-state index is -3.31. The van der Waals surface area contributed by atoms with Crippen molar-refractivity contribution in [2.75, 3.05) is 27.5 Å². The number of amidine groups is 1. The molecule has 164 valence electrons. The van der Waals surface area contributed by atoms with Crippen LogP contribution < -0.4 is 10.2 Å². The number of anilines is 2. The average Bonchev–Trinajstić information content (AvgIpc) is 3.15. The van der Waals surface area contributed by atoms with E-state index in [1.165, 1.54) is 11.0 Å². The third-order valence-corrected chi connectivity index (χ3v) is 8.15. The number of rotatable bonds is 4. The molecule has 1 amide bonds. The van der Waals surface area contributed by atoms with Gasteiger partial charge in [-0.3, -0.25) is 9.79 Å². The Morgan fingerprint density at radius 2 is 2.00 bits per heavy atom.